The van der Waals surface area contributed by atoms with Gasteiger partial charge in [0, 0.05) is 0 Å². The van der Waals surface area contributed by atoms with Crippen LogP contribution in [0.25, 0.3) is 0 Å². The van der Waals surface area contributed by atoms with E-state index in [1.807, 2.05) is 0 Å². The summed E-state index contributed by atoms with van der Waals surface area (Å²) < 4.78 is 5.24. The minimum absolute atomic E-state index is 0. The molecule has 68 valence electrons. The fraction of sp³-hybridized carbons (Fsp3) is 0.333. The molecule has 4 nitrogen and oxygen atoms in total. The SMILES string of the molecule is CCOC(=O)c1cnc(Br)[nH]1.Cl. The summed E-state index contributed by atoms with van der Waals surface area (Å²) in [6.07, 6.45) is 1.42. The quantitative estimate of drug-likeness (QED) is 0.820. The molecule has 1 aromatic heterocycles. The van der Waals surface area contributed by atoms with Crippen LogP contribution in [0.3, 0.4) is 0 Å². The number of aromatic nitrogens is 2. The highest BCUT2D eigenvalue weighted by atomic mass is 79.9. The molecule has 1 N–H and O–H groups in total. The molecule has 1 rings (SSSR count). The number of rotatable bonds is 2. The minimum atomic E-state index is -0.384. The van der Waals surface area contributed by atoms with E-state index in [1.54, 1.807) is 6.92 Å². The van der Waals surface area contributed by atoms with Crippen LogP contribution in [0.15, 0.2) is 10.9 Å². The second kappa shape index (κ2) is 5.16. The molecular weight excluding hydrogens is 247 g/mol. The van der Waals surface area contributed by atoms with Crippen LogP contribution in [0.2, 0.25) is 0 Å². The van der Waals surface area contributed by atoms with E-state index in [1.165, 1.54) is 6.20 Å². The van der Waals surface area contributed by atoms with E-state index >= 15 is 0 Å². The van der Waals surface area contributed by atoms with Crippen LogP contribution in [-0.2, 0) is 4.74 Å². The number of nitrogens with one attached hydrogen (secondary N) is 1. The number of nitrogens with zero attached hydrogens (tertiary/aromatic N) is 1. The number of H-pyrrole nitrogens is 1. The summed E-state index contributed by atoms with van der Waals surface area (Å²) in [5.41, 5.74) is 0.360. The summed E-state index contributed by atoms with van der Waals surface area (Å²) in [7, 11) is 0. The molecule has 0 aliphatic heterocycles. The second-order valence-corrected chi connectivity index (χ2v) is 2.56. The molecule has 0 aliphatic carbocycles. The van der Waals surface area contributed by atoms with E-state index in [0.29, 0.717) is 17.0 Å². The molecule has 0 amide bonds. The highest BCUT2D eigenvalue weighted by molar-refractivity contribution is 9.10. The smallest absolute Gasteiger partial charge is 0.356 e. The number of ether oxygens (including phenoxy) is 1. The van der Waals surface area contributed by atoms with Crippen LogP contribution in [0, 0.1) is 0 Å². The lowest BCUT2D eigenvalue weighted by Gasteiger charge is -1.95. The first-order valence-corrected chi connectivity index (χ1v) is 3.91. The number of aromatic amines is 1. The topological polar surface area (TPSA) is 55.0 Å². The molecule has 0 spiro atoms. The van der Waals surface area contributed by atoms with Gasteiger partial charge in [0.25, 0.3) is 0 Å². The van der Waals surface area contributed by atoms with Gasteiger partial charge in [-0.05, 0) is 22.9 Å². The largest absolute Gasteiger partial charge is 0.461 e. The molecule has 0 unspecified atom stereocenters. The molecule has 0 fully saturated rings. The number of esters is 1. The molecule has 0 radical (unpaired) electrons. The van der Waals surface area contributed by atoms with Crippen molar-refractivity contribution in [2.24, 2.45) is 0 Å². The van der Waals surface area contributed by atoms with E-state index in [0.717, 1.165) is 0 Å². The van der Waals surface area contributed by atoms with Crippen molar-refractivity contribution < 1.29 is 9.53 Å². The minimum Gasteiger partial charge on any atom is -0.461 e. The predicted molar refractivity (Wildman–Crippen MR) is 49.5 cm³/mol. The maximum Gasteiger partial charge on any atom is 0.356 e. The van der Waals surface area contributed by atoms with Gasteiger partial charge >= 0.3 is 5.97 Å². The fourth-order valence-corrected chi connectivity index (χ4v) is 0.925. The number of hydrogen-bond acceptors (Lipinski definition) is 3. The molecule has 0 saturated carbocycles. The molecule has 0 bridgehead atoms. The third kappa shape index (κ3) is 2.83. The van der Waals surface area contributed by atoms with Gasteiger partial charge < -0.3 is 9.72 Å². The first-order chi connectivity index (χ1) is 5.24. The highest BCUT2D eigenvalue weighted by Crippen LogP contribution is 2.04. The van der Waals surface area contributed by atoms with Crippen molar-refractivity contribution in [3.63, 3.8) is 0 Å². The van der Waals surface area contributed by atoms with E-state index < -0.39 is 0 Å². The van der Waals surface area contributed by atoms with Crippen molar-refractivity contribution in [1.82, 2.24) is 9.97 Å². The third-order valence-electron chi connectivity index (χ3n) is 1.04. The number of hydrogen-bond donors (Lipinski definition) is 1. The van der Waals surface area contributed by atoms with Crippen LogP contribution >= 0.6 is 28.3 Å². The van der Waals surface area contributed by atoms with E-state index in [9.17, 15) is 4.79 Å². The maximum absolute atomic E-state index is 10.9. The van der Waals surface area contributed by atoms with Crippen molar-refractivity contribution in [1.29, 1.82) is 0 Å². The maximum atomic E-state index is 10.9. The van der Waals surface area contributed by atoms with Crippen molar-refractivity contribution in [2.45, 2.75) is 6.92 Å². The molecule has 12 heavy (non-hydrogen) atoms. The Morgan fingerprint density at radius 1 is 1.83 bits per heavy atom. The Labute approximate surface area is 84.3 Å². The van der Waals surface area contributed by atoms with Gasteiger partial charge in [-0.2, -0.15) is 0 Å². The Hall–Kier alpha value is -0.550. The zero-order chi connectivity index (χ0) is 8.27. The average molecular weight is 255 g/mol. The van der Waals surface area contributed by atoms with Crippen LogP contribution in [0.1, 0.15) is 17.4 Å². The molecule has 0 saturated heterocycles. The average Bonchev–Trinajstić information content (AvgIpc) is 2.36. The Bertz CT molecular complexity index is 264. The second-order valence-electron chi connectivity index (χ2n) is 1.81. The summed E-state index contributed by atoms with van der Waals surface area (Å²) in [5, 5.41) is 0. The third-order valence-corrected chi connectivity index (χ3v) is 1.44. The van der Waals surface area contributed by atoms with Crippen molar-refractivity contribution >= 4 is 34.3 Å². The van der Waals surface area contributed by atoms with E-state index in [2.05, 4.69) is 25.9 Å². The van der Waals surface area contributed by atoms with E-state index in [4.69, 9.17) is 4.74 Å². The lowest BCUT2D eigenvalue weighted by Crippen LogP contribution is -2.04. The van der Waals surface area contributed by atoms with Crippen LogP contribution in [0.5, 0.6) is 0 Å². The van der Waals surface area contributed by atoms with Gasteiger partial charge in [-0.25, -0.2) is 9.78 Å². The molecule has 6 heteroatoms. The van der Waals surface area contributed by atoms with Gasteiger partial charge in [-0.3, -0.25) is 0 Å². The van der Waals surface area contributed by atoms with Gasteiger partial charge in [0.2, 0.25) is 0 Å². The molecule has 1 aromatic rings. The molecule has 1 heterocycles. The van der Waals surface area contributed by atoms with Crippen molar-refractivity contribution in [3.05, 3.63) is 16.6 Å². The first kappa shape index (κ1) is 11.4. The Morgan fingerprint density at radius 2 is 2.50 bits per heavy atom. The van der Waals surface area contributed by atoms with Gasteiger partial charge in [0.1, 0.15) is 5.69 Å². The summed E-state index contributed by atoms with van der Waals surface area (Å²) in [6.45, 7) is 2.12. The zero-order valence-corrected chi connectivity index (χ0v) is 8.74. The van der Waals surface area contributed by atoms with Crippen LogP contribution in [-0.4, -0.2) is 22.5 Å². The van der Waals surface area contributed by atoms with Crippen LogP contribution < -0.4 is 0 Å². The zero-order valence-electron chi connectivity index (χ0n) is 6.33. The lowest BCUT2D eigenvalue weighted by atomic mass is 10.5. The molecule has 0 aromatic carbocycles. The fourth-order valence-electron chi connectivity index (χ4n) is 0.609. The standard InChI is InChI=1S/C6H7BrN2O2.ClH/c1-2-11-5(10)4-3-8-6(7)9-4;/h3H,2H2,1H3,(H,8,9);1H. The molecular formula is C6H8BrClN2O2. The molecule has 0 atom stereocenters. The summed E-state index contributed by atoms with van der Waals surface area (Å²) >= 11 is 3.08. The molecule has 0 aliphatic rings. The summed E-state index contributed by atoms with van der Waals surface area (Å²) in [5.74, 6) is -0.384. The van der Waals surface area contributed by atoms with Crippen LogP contribution in [0.4, 0.5) is 0 Å². The Balaban J connectivity index is 0.00000121. The number of carbonyl (C=O) groups is 1. The summed E-state index contributed by atoms with van der Waals surface area (Å²) in [6, 6.07) is 0. The number of carbonyl (C=O) groups excluding carboxylic acids is 1. The predicted octanol–water partition coefficient (Wildman–Crippen LogP) is 1.77. The lowest BCUT2D eigenvalue weighted by molar-refractivity contribution is 0.0520. The number of halogens is 2. The van der Waals surface area contributed by atoms with Gasteiger partial charge in [0.05, 0.1) is 12.8 Å². The Kier molecular flexibility index (Phi) is 4.92. The first-order valence-electron chi connectivity index (χ1n) is 3.11. The normalized spacial score (nSPS) is 8.83. The highest BCUT2D eigenvalue weighted by Gasteiger charge is 2.07. The van der Waals surface area contributed by atoms with Crippen molar-refractivity contribution in [3.8, 4) is 0 Å². The van der Waals surface area contributed by atoms with Gasteiger partial charge in [-0.1, -0.05) is 0 Å². The summed E-state index contributed by atoms with van der Waals surface area (Å²) in [4.78, 5) is 17.4. The van der Waals surface area contributed by atoms with Gasteiger partial charge in [0.15, 0.2) is 4.73 Å². The van der Waals surface area contributed by atoms with E-state index in [-0.39, 0.29) is 18.4 Å². The number of imidazole rings is 1. The Morgan fingerprint density at radius 3 is 2.92 bits per heavy atom. The van der Waals surface area contributed by atoms with Crippen molar-refractivity contribution in [2.75, 3.05) is 6.61 Å². The van der Waals surface area contributed by atoms with Gasteiger partial charge in [-0.15, -0.1) is 12.4 Å². The monoisotopic (exact) mass is 254 g/mol.